The molecule has 0 spiro atoms. The number of benzene rings is 2. The third kappa shape index (κ3) is 11.4. The Morgan fingerprint density at radius 3 is 1.91 bits per heavy atom. The first-order valence-corrected chi connectivity index (χ1v) is 16.8. The first kappa shape index (κ1) is 34.8. The van der Waals surface area contributed by atoms with Gasteiger partial charge in [-0.3, -0.25) is 14.5 Å². The number of carbonyl (C=O) groups excluding carboxylic acids is 2. The molecule has 1 heterocycles. The van der Waals surface area contributed by atoms with Gasteiger partial charge in [0.1, 0.15) is 13.1 Å². The molecule has 1 aromatic heterocycles. The van der Waals surface area contributed by atoms with Crippen LogP contribution in [-0.4, -0.2) is 30.4 Å². The van der Waals surface area contributed by atoms with Gasteiger partial charge in [-0.15, -0.1) is 0 Å². The average Bonchev–Trinajstić information content (AvgIpc) is 3.06. The van der Waals surface area contributed by atoms with Gasteiger partial charge in [0.15, 0.2) is 17.7 Å². The molecule has 0 aliphatic rings. The molecule has 3 aromatic rings. The van der Waals surface area contributed by atoms with Gasteiger partial charge in [-0.2, -0.15) is 0 Å². The minimum absolute atomic E-state index is 0.160. The van der Waals surface area contributed by atoms with Crippen LogP contribution < -0.4 is 14.0 Å². The van der Waals surface area contributed by atoms with E-state index in [2.05, 4.69) is 18.4 Å². The van der Waals surface area contributed by atoms with Gasteiger partial charge in [0, 0.05) is 29.7 Å². The van der Waals surface area contributed by atoms with Crippen molar-refractivity contribution >= 4 is 11.8 Å². The van der Waals surface area contributed by atoms with Crippen LogP contribution in [-0.2, 0) is 13.1 Å². The van der Waals surface area contributed by atoms with Crippen LogP contribution in [0.25, 0.3) is 0 Å². The summed E-state index contributed by atoms with van der Waals surface area (Å²) in [7, 11) is 1.57. The summed E-state index contributed by atoms with van der Waals surface area (Å²) in [5.41, 5.74) is 1.73. The van der Waals surface area contributed by atoms with Crippen LogP contribution in [0.5, 0.6) is 11.5 Å². The summed E-state index contributed by atoms with van der Waals surface area (Å²) in [5.74, 6) is 0.380. The summed E-state index contributed by atoms with van der Waals surface area (Å²) in [6, 6.07) is 20.0. The van der Waals surface area contributed by atoms with Gasteiger partial charge < -0.3 is 9.47 Å². The van der Waals surface area contributed by atoms with Crippen molar-refractivity contribution in [3.05, 3.63) is 89.7 Å². The monoisotopic (exact) mass is 601 g/mol. The Bertz CT molecular complexity index is 1260. The highest BCUT2D eigenvalue weighted by Crippen LogP contribution is 2.29. The van der Waals surface area contributed by atoms with Crippen molar-refractivity contribution in [3.63, 3.8) is 0 Å². The zero-order valence-corrected chi connectivity index (χ0v) is 27.3. The molecule has 0 radical (unpaired) electrons. The lowest BCUT2D eigenvalue weighted by atomic mass is 10.1. The molecule has 44 heavy (non-hydrogen) atoms. The van der Waals surface area contributed by atoms with Crippen molar-refractivity contribution in [1.29, 1.82) is 0 Å². The van der Waals surface area contributed by atoms with Crippen molar-refractivity contribution in [2.24, 2.45) is 0 Å². The number of rotatable bonds is 21. The fourth-order valence-corrected chi connectivity index (χ4v) is 5.45. The van der Waals surface area contributed by atoms with Gasteiger partial charge in [0.05, 0.1) is 13.7 Å². The summed E-state index contributed by atoms with van der Waals surface area (Å²) in [6.07, 6.45) is 18.5. The van der Waals surface area contributed by atoms with Crippen molar-refractivity contribution < 1.29 is 23.6 Å². The maximum absolute atomic E-state index is 13.9. The predicted octanol–water partition coefficient (Wildman–Crippen LogP) is 8.96. The smallest absolute Gasteiger partial charge is 0.261 e. The van der Waals surface area contributed by atoms with Crippen LogP contribution in [0.3, 0.4) is 0 Å². The van der Waals surface area contributed by atoms with E-state index in [1.807, 2.05) is 30.5 Å². The molecule has 0 aliphatic heterocycles. The maximum Gasteiger partial charge on any atom is 0.261 e. The number of nitrogens with zero attached hydrogens (tertiary/aromatic N) is 2. The minimum Gasteiger partial charge on any atom is -0.493 e. The molecule has 0 bridgehead atoms. The summed E-state index contributed by atoms with van der Waals surface area (Å²) in [5, 5.41) is 0. The van der Waals surface area contributed by atoms with Crippen LogP contribution >= 0.6 is 0 Å². The highest BCUT2D eigenvalue weighted by molar-refractivity contribution is 6.10. The average molecular weight is 602 g/mol. The zero-order valence-electron chi connectivity index (χ0n) is 27.3. The van der Waals surface area contributed by atoms with E-state index < -0.39 is 0 Å². The number of hydrogen-bond acceptors (Lipinski definition) is 4. The van der Waals surface area contributed by atoms with E-state index in [4.69, 9.17) is 9.47 Å². The Hall–Kier alpha value is -3.67. The fourth-order valence-electron chi connectivity index (χ4n) is 5.45. The number of carbonyl (C=O) groups is 2. The summed E-state index contributed by atoms with van der Waals surface area (Å²) >= 11 is 0. The molecule has 0 aliphatic carbocycles. The number of methoxy groups -OCH3 is 1. The van der Waals surface area contributed by atoms with Gasteiger partial charge in [-0.05, 0) is 36.8 Å². The third-order valence-corrected chi connectivity index (χ3v) is 8.00. The Labute approximate surface area is 265 Å². The molecular formula is C38H53N2O4+. The van der Waals surface area contributed by atoms with Gasteiger partial charge in [-0.25, -0.2) is 4.57 Å². The molecule has 6 nitrogen and oxygen atoms in total. The number of pyridine rings is 1. The lowest BCUT2D eigenvalue weighted by Crippen LogP contribution is -2.44. The van der Waals surface area contributed by atoms with Gasteiger partial charge in [0.2, 0.25) is 5.69 Å². The highest BCUT2D eigenvalue weighted by Gasteiger charge is 2.28. The SMILES string of the molecule is CCCCCCCCCCCCCCOc1ccc(C(=O)N(Cc2cccc[n+]2CCC)C(=O)c2ccccc2)cc1OC. The van der Waals surface area contributed by atoms with E-state index in [1.54, 1.807) is 49.6 Å². The number of ether oxygens (including phenoxy) is 2. The number of hydrogen-bond donors (Lipinski definition) is 0. The molecule has 0 atom stereocenters. The largest absolute Gasteiger partial charge is 0.493 e. The molecule has 0 N–H and O–H groups in total. The Kier molecular flexibility index (Phi) is 16.1. The summed E-state index contributed by atoms with van der Waals surface area (Å²) in [6.45, 7) is 5.94. The van der Waals surface area contributed by atoms with Crippen molar-refractivity contribution in [1.82, 2.24) is 4.90 Å². The Morgan fingerprint density at radius 2 is 1.27 bits per heavy atom. The van der Waals surface area contributed by atoms with Gasteiger partial charge in [0.25, 0.3) is 11.8 Å². The predicted molar refractivity (Wildman–Crippen MR) is 177 cm³/mol. The molecule has 0 unspecified atom stereocenters. The van der Waals surface area contributed by atoms with Gasteiger partial charge >= 0.3 is 0 Å². The molecular weight excluding hydrogens is 548 g/mol. The molecule has 3 rings (SSSR count). The second-order valence-electron chi connectivity index (χ2n) is 11.6. The quantitative estimate of drug-likeness (QED) is 0.0695. The number of unbranched alkanes of at least 4 members (excludes halogenated alkanes) is 11. The molecule has 0 fully saturated rings. The third-order valence-electron chi connectivity index (χ3n) is 8.00. The van der Waals surface area contributed by atoms with Crippen molar-refractivity contribution in [2.45, 2.75) is 110 Å². The second kappa shape index (κ2) is 20.3. The van der Waals surface area contributed by atoms with Crippen LogP contribution in [0.4, 0.5) is 0 Å². The first-order chi connectivity index (χ1) is 21.6. The molecule has 6 heteroatoms. The lowest BCUT2D eigenvalue weighted by Gasteiger charge is -2.21. The van der Waals surface area contributed by atoms with Gasteiger partial charge in [-0.1, -0.05) is 109 Å². The van der Waals surface area contributed by atoms with Crippen LogP contribution in [0.2, 0.25) is 0 Å². The number of aryl methyl sites for hydroxylation is 1. The number of imide groups is 1. The maximum atomic E-state index is 13.9. The fraction of sp³-hybridized carbons (Fsp3) is 0.500. The van der Waals surface area contributed by atoms with E-state index in [1.165, 1.54) is 69.1 Å². The Balaban J connectivity index is 1.57. The standard InChI is InChI=1S/C38H53N2O4/c1-4-6-7-8-9-10-11-12-13-14-15-21-29-44-35-26-25-33(30-36(35)43-3)38(42)40(37(41)32-22-17-16-18-23-32)31-34-24-19-20-28-39(34)27-5-2/h16-20,22-26,28,30H,4-15,21,27,29,31H2,1-3H3/q+1. The normalized spacial score (nSPS) is 10.9. The summed E-state index contributed by atoms with van der Waals surface area (Å²) < 4.78 is 13.7. The molecule has 2 aromatic carbocycles. The minimum atomic E-state index is -0.378. The molecule has 2 amide bonds. The van der Waals surface area contributed by atoms with E-state index in [9.17, 15) is 9.59 Å². The molecule has 238 valence electrons. The zero-order chi connectivity index (χ0) is 31.4. The number of aromatic nitrogens is 1. The summed E-state index contributed by atoms with van der Waals surface area (Å²) in [4.78, 5) is 28.9. The lowest BCUT2D eigenvalue weighted by molar-refractivity contribution is -0.704. The highest BCUT2D eigenvalue weighted by atomic mass is 16.5. The molecule has 0 saturated carbocycles. The van der Waals surface area contributed by atoms with E-state index in [0.29, 0.717) is 29.2 Å². The van der Waals surface area contributed by atoms with Crippen molar-refractivity contribution in [3.8, 4) is 11.5 Å². The molecule has 0 saturated heterocycles. The van der Waals surface area contributed by atoms with E-state index >= 15 is 0 Å². The van der Waals surface area contributed by atoms with Crippen molar-refractivity contribution in [2.75, 3.05) is 13.7 Å². The number of amides is 2. The van der Waals surface area contributed by atoms with Crippen LogP contribution in [0, 0.1) is 0 Å². The van der Waals surface area contributed by atoms with E-state index in [0.717, 1.165) is 31.5 Å². The van der Waals surface area contributed by atoms with E-state index in [-0.39, 0.29) is 18.4 Å². The van der Waals surface area contributed by atoms with Crippen LogP contribution in [0.15, 0.2) is 72.9 Å². The van der Waals surface area contributed by atoms with Crippen LogP contribution in [0.1, 0.15) is 124 Å². The Morgan fingerprint density at radius 1 is 0.659 bits per heavy atom. The second-order valence-corrected chi connectivity index (χ2v) is 11.6. The first-order valence-electron chi connectivity index (χ1n) is 16.8. The topological polar surface area (TPSA) is 59.7 Å².